The summed E-state index contributed by atoms with van der Waals surface area (Å²) in [6.07, 6.45) is 2.90. The van der Waals surface area contributed by atoms with Gasteiger partial charge in [-0.1, -0.05) is 12.1 Å². The van der Waals surface area contributed by atoms with Crippen molar-refractivity contribution in [2.45, 2.75) is 45.3 Å². The highest BCUT2D eigenvalue weighted by atomic mass is 32.1. The van der Waals surface area contributed by atoms with E-state index in [2.05, 4.69) is 28.4 Å². The van der Waals surface area contributed by atoms with Gasteiger partial charge in [-0.25, -0.2) is 0 Å². The number of aryl methyl sites for hydroxylation is 1. The number of carbonyl (C=O) groups is 1. The third-order valence-corrected chi connectivity index (χ3v) is 6.64. The minimum atomic E-state index is -0.198. The molecule has 2 aromatic rings. The van der Waals surface area contributed by atoms with Gasteiger partial charge in [-0.15, -0.1) is 11.3 Å². The first-order valence-corrected chi connectivity index (χ1v) is 10.1. The van der Waals surface area contributed by atoms with E-state index in [4.69, 9.17) is 9.26 Å². The summed E-state index contributed by atoms with van der Waals surface area (Å²) in [6.45, 7) is 8.37. The van der Waals surface area contributed by atoms with Crippen molar-refractivity contribution >= 4 is 17.2 Å². The van der Waals surface area contributed by atoms with Gasteiger partial charge in [-0.3, -0.25) is 4.79 Å². The number of nitrogens with zero attached hydrogens (tertiary/aromatic N) is 2. The molecule has 2 aromatic heterocycles. The quantitative estimate of drug-likeness (QED) is 0.890. The van der Waals surface area contributed by atoms with Gasteiger partial charge in [0.15, 0.2) is 5.76 Å². The number of ether oxygens (including phenoxy) is 1. The van der Waals surface area contributed by atoms with Crippen LogP contribution in [-0.2, 0) is 23.3 Å². The van der Waals surface area contributed by atoms with Crippen molar-refractivity contribution in [1.29, 1.82) is 0 Å². The topological polar surface area (TPSA) is 67.6 Å². The Labute approximate surface area is 157 Å². The Morgan fingerprint density at radius 1 is 1.38 bits per heavy atom. The number of amides is 1. The zero-order valence-corrected chi connectivity index (χ0v) is 16.2. The molecule has 2 aliphatic heterocycles. The Balaban J connectivity index is 1.49. The molecule has 140 valence electrons. The molecular formula is C19H25N3O3S. The summed E-state index contributed by atoms with van der Waals surface area (Å²) in [7, 11) is 0. The molecule has 1 amide bonds. The average Bonchev–Trinajstić information content (AvgIpc) is 3.28. The monoisotopic (exact) mass is 375 g/mol. The molecule has 0 saturated carbocycles. The summed E-state index contributed by atoms with van der Waals surface area (Å²) >= 11 is 1.61. The number of fused-ring (bicyclic) bond motifs is 2. The standard InChI is InChI=1S/C19H25N3O3S/c1-3-22-7-5-19(6-8-22)15-11-17(26-16(15)4-9-24-19)18(23)20-12-14-10-13(2)21-25-14/h10-11H,3-9,12H2,1-2H3,(H,20,23). The van der Waals surface area contributed by atoms with Crippen molar-refractivity contribution in [2.24, 2.45) is 0 Å². The maximum absolute atomic E-state index is 12.6. The van der Waals surface area contributed by atoms with E-state index in [9.17, 15) is 4.79 Å². The second-order valence-electron chi connectivity index (χ2n) is 7.09. The molecular weight excluding hydrogens is 350 g/mol. The number of rotatable bonds is 4. The molecule has 0 unspecified atom stereocenters. The number of aromatic nitrogens is 1. The van der Waals surface area contributed by atoms with Crippen LogP contribution in [0.15, 0.2) is 16.7 Å². The third-order valence-electron chi connectivity index (χ3n) is 5.44. The van der Waals surface area contributed by atoms with Crippen LogP contribution < -0.4 is 5.32 Å². The van der Waals surface area contributed by atoms with Gasteiger partial charge in [-0.05, 0) is 37.9 Å². The first-order chi connectivity index (χ1) is 12.6. The number of hydrogen-bond acceptors (Lipinski definition) is 6. The molecule has 0 aromatic carbocycles. The van der Waals surface area contributed by atoms with Crippen molar-refractivity contribution < 1.29 is 14.1 Å². The molecule has 7 heteroatoms. The summed E-state index contributed by atoms with van der Waals surface area (Å²) in [6, 6.07) is 3.89. The van der Waals surface area contributed by atoms with Crippen LogP contribution in [0.25, 0.3) is 0 Å². The van der Waals surface area contributed by atoms with Gasteiger partial charge in [0.05, 0.1) is 29.3 Å². The first kappa shape index (κ1) is 17.7. The van der Waals surface area contributed by atoms with E-state index >= 15 is 0 Å². The number of nitrogens with one attached hydrogen (secondary N) is 1. The van der Waals surface area contributed by atoms with E-state index < -0.39 is 0 Å². The van der Waals surface area contributed by atoms with Crippen LogP contribution >= 0.6 is 11.3 Å². The van der Waals surface area contributed by atoms with Gasteiger partial charge in [0.2, 0.25) is 0 Å². The zero-order valence-electron chi connectivity index (χ0n) is 15.3. The molecule has 4 rings (SSSR count). The SMILES string of the molecule is CCN1CCC2(CC1)OCCc1sc(C(=O)NCc3cc(C)no3)cc12. The molecule has 2 aliphatic rings. The third kappa shape index (κ3) is 3.31. The van der Waals surface area contributed by atoms with Crippen LogP contribution in [0, 0.1) is 6.92 Å². The summed E-state index contributed by atoms with van der Waals surface area (Å²) < 4.78 is 11.4. The van der Waals surface area contributed by atoms with E-state index in [1.165, 1.54) is 10.4 Å². The Morgan fingerprint density at radius 2 is 2.19 bits per heavy atom. The maximum atomic E-state index is 12.6. The van der Waals surface area contributed by atoms with Crippen LogP contribution in [0.3, 0.4) is 0 Å². The molecule has 26 heavy (non-hydrogen) atoms. The van der Waals surface area contributed by atoms with Crippen molar-refractivity contribution in [2.75, 3.05) is 26.2 Å². The van der Waals surface area contributed by atoms with Crippen LogP contribution in [0.1, 0.15) is 51.3 Å². The fraction of sp³-hybridized carbons (Fsp3) is 0.579. The molecule has 1 saturated heterocycles. The molecule has 0 bridgehead atoms. The van der Waals surface area contributed by atoms with Crippen LogP contribution in [0.4, 0.5) is 0 Å². The zero-order chi connectivity index (χ0) is 18.1. The summed E-state index contributed by atoms with van der Waals surface area (Å²) in [4.78, 5) is 17.1. The number of hydrogen-bond donors (Lipinski definition) is 1. The second-order valence-corrected chi connectivity index (χ2v) is 8.23. The fourth-order valence-electron chi connectivity index (χ4n) is 3.93. The lowest BCUT2D eigenvalue weighted by Crippen LogP contribution is -2.46. The number of likely N-dealkylation sites (tertiary alicyclic amines) is 1. The second kappa shape index (κ2) is 7.13. The molecule has 1 N–H and O–H groups in total. The highest BCUT2D eigenvalue weighted by Gasteiger charge is 2.42. The van der Waals surface area contributed by atoms with Crippen molar-refractivity contribution in [3.63, 3.8) is 0 Å². The predicted molar refractivity (Wildman–Crippen MR) is 99.4 cm³/mol. The van der Waals surface area contributed by atoms with Gasteiger partial charge < -0.3 is 19.5 Å². The maximum Gasteiger partial charge on any atom is 0.261 e. The lowest BCUT2D eigenvalue weighted by Gasteiger charge is -2.43. The molecule has 1 spiro atoms. The minimum Gasteiger partial charge on any atom is -0.370 e. The van der Waals surface area contributed by atoms with Gasteiger partial charge in [0, 0.05) is 30.5 Å². The van der Waals surface area contributed by atoms with E-state index in [0.717, 1.165) is 56.1 Å². The smallest absolute Gasteiger partial charge is 0.261 e. The van der Waals surface area contributed by atoms with Gasteiger partial charge in [0.25, 0.3) is 5.91 Å². The largest absolute Gasteiger partial charge is 0.370 e. The highest BCUT2D eigenvalue weighted by molar-refractivity contribution is 7.14. The lowest BCUT2D eigenvalue weighted by atomic mass is 9.82. The van der Waals surface area contributed by atoms with Crippen molar-refractivity contribution in [1.82, 2.24) is 15.4 Å². The fourth-order valence-corrected chi connectivity index (χ4v) is 5.07. The molecule has 4 heterocycles. The van der Waals surface area contributed by atoms with Crippen LogP contribution in [-0.4, -0.2) is 42.2 Å². The predicted octanol–water partition coefficient (Wildman–Crippen LogP) is 2.86. The Morgan fingerprint density at radius 3 is 2.88 bits per heavy atom. The minimum absolute atomic E-state index is 0.0559. The molecule has 0 atom stereocenters. The summed E-state index contributed by atoms with van der Waals surface area (Å²) in [5.74, 6) is 0.614. The summed E-state index contributed by atoms with van der Waals surface area (Å²) in [5.41, 5.74) is 1.86. The van der Waals surface area contributed by atoms with Gasteiger partial charge in [-0.2, -0.15) is 0 Å². The number of piperidine rings is 1. The molecule has 0 aliphatic carbocycles. The van der Waals surface area contributed by atoms with Crippen molar-refractivity contribution in [3.8, 4) is 0 Å². The van der Waals surface area contributed by atoms with Crippen LogP contribution in [0.5, 0.6) is 0 Å². The molecule has 0 radical (unpaired) electrons. The van der Waals surface area contributed by atoms with E-state index in [1.807, 2.05) is 13.0 Å². The first-order valence-electron chi connectivity index (χ1n) is 9.29. The number of carbonyl (C=O) groups excluding carboxylic acids is 1. The van der Waals surface area contributed by atoms with Gasteiger partial charge >= 0.3 is 0 Å². The van der Waals surface area contributed by atoms with Crippen molar-refractivity contribution in [3.05, 3.63) is 38.9 Å². The van der Waals surface area contributed by atoms with E-state index in [-0.39, 0.29) is 11.5 Å². The number of thiophene rings is 1. The molecule has 6 nitrogen and oxygen atoms in total. The van der Waals surface area contributed by atoms with Gasteiger partial charge in [0.1, 0.15) is 0 Å². The van der Waals surface area contributed by atoms with Crippen LogP contribution in [0.2, 0.25) is 0 Å². The lowest BCUT2D eigenvalue weighted by molar-refractivity contribution is -0.0964. The Hall–Kier alpha value is -1.70. The average molecular weight is 375 g/mol. The Bertz CT molecular complexity index is 790. The van der Waals surface area contributed by atoms with E-state index in [0.29, 0.717) is 12.3 Å². The summed E-state index contributed by atoms with van der Waals surface area (Å²) in [5, 5.41) is 6.78. The highest BCUT2D eigenvalue weighted by Crippen LogP contribution is 2.44. The normalized spacial score (nSPS) is 19.5. The Kier molecular flexibility index (Phi) is 4.86. The van der Waals surface area contributed by atoms with E-state index in [1.54, 1.807) is 11.3 Å². The molecule has 1 fully saturated rings.